The molecule has 3 heterocycles. The lowest BCUT2D eigenvalue weighted by Gasteiger charge is -2.28. The highest BCUT2D eigenvalue weighted by atomic mass is 16.2. The number of anilines is 1. The largest absolute Gasteiger partial charge is 0.327 e. The van der Waals surface area contributed by atoms with Crippen molar-refractivity contribution >= 4 is 39.6 Å². The van der Waals surface area contributed by atoms with Crippen LogP contribution in [0.1, 0.15) is 18.5 Å². The molecular weight excluding hydrogens is 382 g/mol. The van der Waals surface area contributed by atoms with Gasteiger partial charge in [-0.05, 0) is 42.8 Å². The fourth-order valence-corrected chi connectivity index (χ4v) is 3.62. The maximum absolute atomic E-state index is 13.2. The van der Waals surface area contributed by atoms with Crippen molar-refractivity contribution in [3.63, 3.8) is 0 Å². The van der Waals surface area contributed by atoms with Gasteiger partial charge in [0.05, 0.1) is 34.4 Å². The van der Waals surface area contributed by atoms with Crippen molar-refractivity contribution in [3.8, 4) is 0 Å². The van der Waals surface area contributed by atoms with Crippen molar-refractivity contribution in [3.05, 3.63) is 71.8 Å². The van der Waals surface area contributed by atoms with E-state index in [1.165, 1.54) is 0 Å². The fourth-order valence-electron chi connectivity index (χ4n) is 3.62. The van der Waals surface area contributed by atoms with Crippen LogP contribution < -0.4 is 16.0 Å². The Morgan fingerprint density at radius 1 is 1.07 bits per heavy atom. The summed E-state index contributed by atoms with van der Waals surface area (Å²) in [7, 11) is 0. The Bertz CT molecular complexity index is 1340. The monoisotopic (exact) mass is 399 g/mol. The van der Waals surface area contributed by atoms with E-state index in [1.54, 1.807) is 31.6 Å². The number of aromatic amines is 1. The number of hydrogen-bond donors (Lipinski definition) is 4. The normalized spacial score (nSPS) is 16.4. The lowest BCUT2D eigenvalue weighted by Crippen LogP contribution is -2.45. The molecular formula is C21H17N7O2. The molecule has 148 valence electrons. The SMILES string of the molecule is CC1=C(C(=O)Nc2ccc3[nH]ncc3c2)C(c2ccc3nccnc3c2)NC(=O)N1. The average molecular weight is 399 g/mol. The summed E-state index contributed by atoms with van der Waals surface area (Å²) < 4.78 is 0. The number of aromatic nitrogens is 4. The predicted molar refractivity (Wildman–Crippen MR) is 111 cm³/mol. The van der Waals surface area contributed by atoms with E-state index < -0.39 is 6.04 Å². The number of fused-ring (bicyclic) bond motifs is 2. The third kappa shape index (κ3) is 3.12. The van der Waals surface area contributed by atoms with Crippen molar-refractivity contribution in [1.29, 1.82) is 0 Å². The first-order valence-corrected chi connectivity index (χ1v) is 9.32. The van der Waals surface area contributed by atoms with Gasteiger partial charge in [0, 0.05) is 29.2 Å². The number of nitrogens with one attached hydrogen (secondary N) is 4. The third-order valence-electron chi connectivity index (χ3n) is 5.04. The van der Waals surface area contributed by atoms with E-state index in [0.717, 1.165) is 22.0 Å². The minimum atomic E-state index is -0.622. The summed E-state index contributed by atoms with van der Waals surface area (Å²) >= 11 is 0. The second-order valence-corrected chi connectivity index (χ2v) is 7.00. The highest BCUT2D eigenvalue weighted by molar-refractivity contribution is 6.07. The van der Waals surface area contributed by atoms with E-state index in [4.69, 9.17) is 0 Å². The number of carbonyl (C=O) groups is 2. The van der Waals surface area contributed by atoms with Gasteiger partial charge in [0.25, 0.3) is 5.91 Å². The Balaban J connectivity index is 1.51. The molecule has 0 fully saturated rings. The van der Waals surface area contributed by atoms with Crippen molar-refractivity contribution < 1.29 is 9.59 Å². The van der Waals surface area contributed by atoms with Crippen molar-refractivity contribution in [2.24, 2.45) is 0 Å². The van der Waals surface area contributed by atoms with Gasteiger partial charge in [-0.3, -0.25) is 19.9 Å². The molecule has 1 atom stereocenters. The Hall–Kier alpha value is -4.27. The molecule has 4 N–H and O–H groups in total. The zero-order valence-corrected chi connectivity index (χ0v) is 15.9. The van der Waals surface area contributed by atoms with Gasteiger partial charge in [0.2, 0.25) is 0 Å². The van der Waals surface area contributed by atoms with Gasteiger partial charge < -0.3 is 16.0 Å². The second-order valence-electron chi connectivity index (χ2n) is 7.00. The smallest absolute Gasteiger partial charge is 0.319 e. The van der Waals surface area contributed by atoms with Crippen LogP contribution in [0, 0.1) is 0 Å². The van der Waals surface area contributed by atoms with Crippen molar-refractivity contribution in [1.82, 2.24) is 30.8 Å². The van der Waals surface area contributed by atoms with E-state index in [9.17, 15) is 9.59 Å². The number of urea groups is 1. The molecule has 1 unspecified atom stereocenters. The Kier molecular flexibility index (Phi) is 4.13. The molecule has 9 heteroatoms. The van der Waals surface area contributed by atoms with E-state index in [1.807, 2.05) is 30.3 Å². The van der Waals surface area contributed by atoms with Crippen LogP contribution in [0.3, 0.4) is 0 Å². The quantitative estimate of drug-likeness (QED) is 0.422. The van der Waals surface area contributed by atoms with Gasteiger partial charge in [-0.2, -0.15) is 5.10 Å². The van der Waals surface area contributed by atoms with Gasteiger partial charge in [0.1, 0.15) is 0 Å². The van der Waals surface area contributed by atoms with Gasteiger partial charge in [-0.1, -0.05) is 6.07 Å². The second kappa shape index (κ2) is 6.96. The summed E-state index contributed by atoms with van der Waals surface area (Å²) in [5.41, 5.74) is 4.59. The molecule has 0 saturated heterocycles. The molecule has 9 nitrogen and oxygen atoms in total. The first-order valence-electron chi connectivity index (χ1n) is 9.32. The standard InChI is InChI=1S/C21H17N7O2/c1-11-18(20(29)26-14-3-5-15-13(8-14)10-24-28-15)19(27-21(30)25-11)12-2-4-16-17(9-12)23-7-6-22-16/h2-10,19H,1H3,(H,24,28)(H,26,29)(H2,25,27,30). The summed E-state index contributed by atoms with van der Waals surface area (Å²) in [5, 5.41) is 16.2. The van der Waals surface area contributed by atoms with Crippen molar-refractivity contribution in [2.75, 3.05) is 5.32 Å². The number of amides is 3. The first-order chi connectivity index (χ1) is 14.6. The van der Waals surface area contributed by atoms with Crippen LogP contribution in [0.15, 0.2) is 66.3 Å². The summed E-state index contributed by atoms with van der Waals surface area (Å²) in [6, 6.07) is 9.98. The first kappa shape index (κ1) is 17.8. The molecule has 3 amide bonds. The highest BCUT2D eigenvalue weighted by Gasteiger charge is 2.31. The van der Waals surface area contributed by atoms with Gasteiger partial charge >= 0.3 is 6.03 Å². The summed E-state index contributed by atoms with van der Waals surface area (Å²) in [4.78, 5) is 33.9. The van der Waals surface area contributed by atoms with Crippen LogP contribution in [0.2, 0.25) is 0 Å². The van der Waals surface area contributed by atoms with Gasteiger partial charge in [0.15, 0.2) is 0 Å². The summed E-state index contributed by atoms with van der Waals surface area (Å²) in [6.07, 6.45) is 4.92. The molecule has 0 bridgehead atoms. The summed E-state index contributed by atoms with van der Waals surface area (Å²) in [6.45, 7) is 1.71. The molecule has 2 aromatic heterocycles. The summed E-state index contributed by atoms with van der Waals surface area (Å²) in [5.74, 6) is -0.313. The number of carbonyl (C=O) groups excluding carboxylic acids is 2. The van der Waals surface area contributed by atoms with Gasteiger partial charge in [-0.25, -0.2) is 4.79 Å². The van der Waals surface area contributed by atoms with Crippen LogP contribution in [-0.2, 0) is 4.79 Å². The Labute approximate surface area is 170 Å². The Morgan fingerprint density at radius 3 is 2.77 bits per heavy atom. The van der Waals surface area contributed by atoms with Crippen LogP contribution in [0.25, 0.3) is 21.9 Å². The van der Waals surface area contributed by atoms with E-state index in [0.29, 0.717) is 22.5 Å². The van der Waals surface area contributed by atoms with Gasteiger partial charge in [-0.15, -0.1) is 0 Å². The van der Waals surface area contributed by atoms with E-state index >= 15 is 0 Å². The number of benzene rings is 2. The third-order valence-corrected chi connectivity index (χ3v) is 5.04. The molecule has 0 saturated carbocycles. The van der Waals surface area contributed by atoms with Crippen LogP contribution in [0.5, 0.6) is 0 Å². The zero-order chi connectivity index (χ0) is 20.7. The lowest BCUT2D eigenvalue weighted by atomic mass is 9.94. The zero-order valence-electron chi connectivity index (χ0n) is 15.9. The lowest BCUT2D eigenvalue weighted by molar-refractivity contribution is -0.113. The molecule has 0 aliphatic carbocycles. The molecule has 2 aromatic carbocycles. The van der Waals surface area contributed by atoms with Crippen LogP contribution in [-0.4, -0.2) is 32.1 Å². The topological polar surface area (TPSA) is 125 Å². The Morgan fingerprint density at radius 2 is 1.90 bits per heavy atom. The molecule has 30 heavy (non-hydrogen) atoms. The maximum Gasteiger partial charge on any atom is 0.319 e. The number of nitrogens with zero attached hydrogens (tertiary/aromatic N) is 3. The number of H-pyrrole nitrogens is 1. The molecule has 1 aliphatic rings. The van der Waals surface area contributed by atoms with E-state index in [2.05, 4.69) is 36.1 Å². The fraction of sp³-hybridized carbons (Fsp3) is 0.0952. The average Bonchev–Trinajstić information content (AvgIpc) is 3.20. The molecule has 4 aromatic rings. The minimum Gasteiger partial charge on any atom is -0.327 e. The molecule has 5 rings (SSSR count). The molecule has 0 spiro atoms. The highest BCUT2D eigenvalue weighted by Crippen LogP contribution is 2.29. The van der Waals surface area contributed by atoms with Crippen LogP contribution >= 0.6 is 0 Å². The number of allylic oxidation sites excluding steroid dienone is 1. The maximum atomic E-state index is 13.2. The molecule has 1 aliphatic heterocycles. The predicted octanol–water partition coefficient (Wildman–Crippen LogP) is 2.77. The minimum absolute atomic E-state index is 0.313. The van der Waals surface area contributed by atoms with E-state index in [-0.39, 0.29) is 11.9 Å². The molecule has 0 radical (unpaired) electrons. The number of hydrogen-bond acceptors (Lipinski definition) is 5. The number of rotatable bonds is 3. The van der Waals surface area contributed by atoms with Crippen molar-refractivity contribution in [2.45, 2.75) is 13.0 Å². The van der Waals surface area contributed by atoms with Crippen LogP contribution in [0.4, 0.5) is 10.5 Å².